The molecule has 1 aromatic carbocycles. The molecule has 1 unspecified atom stereocenters. The van der Waals surface area contributed by atoms with Crippen molar-refractivity contribution < 1.29 is 13.9 Å². The summed E-state index contributed by atoms with van der Waals surface area (Å²) in [6.45, 7) is 6.00. The predicted molar refractivity (Wildman–Crippen MR) is 65.5 cm³/mol. The van der Waals surface area contributed by atoms with Crippen LogP contribution in [0.15, 0.2) is 24.3 Å². The van der Waals surface area contributed by atoms with Crippen LogP contribution in [0.3, 0.4) is 0 Å². The fourth-order valence-electron chi connectivity index (χ4n) is 1.75. The first-order valence-corrected chi connectivity index (χ1v) is 5.94. The number of ether oxygens (including phenoxy) is 1. The number of carbonyl (C=O) groups excluding carboxylic acids is 1. The molecule has 0 aliphatic heterocycles. The molecule has 94 valence electrons. The van der Waals surface area contributed by atoms with Crippen LogP contribution in [-0.2, 0) is 16.0 Å². The van der Waals surface area contributed by atoms with Crippen molar-refractivity contribution in [2.75, 3.05) is 6.61 Å². The van der Waals surface area contributed by atoms with E-state index in [-0.39, 0.29) is 6.61 Å². The summed E-state index contributed by atoms with van der Waals surface area (Å²) in [6, 6.07) is 7.12. The molecule has 0 amide bonds. The molecule has 0 aliphatic rings. The van der Waals surface area contributed by atoms with Crippen molar-refractivity contribution in [1.29, 1.82) is 0 Å². The zero-order valence-electron chi connectivity index (χ0n) is 10.6. The number of esters is 1. The van der Waals surface area contributed by atoms with E-state index in [1.54, 1.807) is 19.1 Å². The summed E-state index contributed by atoms with van der Waals surface area (Å²) in [6.07, 6.45) is -0.916. The minimum absolute atomic E-state index is 0.200. The van der Waals surface area contributed by atoms with Gasteiger partial charge in [0.25, 0.3) is 0 Å². The Labute approximate surface area is 102 Å². The average Bonchev–Trinajstić information content (AvgIpc) is 2.28. The van der Waals surface area contributed by atoms with E-state index < -0.39 is 12.1 Å². The Morgan fingerprint density at radius 1 is 1.35 bits per heavy atom. The molecule has 0 aliphatic carbocycles. The van der Waals surface area contributed by atoms with Crippen LogP contribution < -0.4 is 0 Å². The van der Waals surface area contributed by atoms with Crippen LogP contribution in [0.25, 0.3) is 0 Å². The fraction of sp³-hybridized carbons (Fsp3) is 0.500. The predicted octanol–water partition coefficient (Wildman–Crippen LogP) is 3.46. The Morgan fingerprint density at radius 2 is 2.00 bits per heavy atom. The first kappa shape index (κ1) is 13.7. The van der Waals surface area contributed by atoms with E-state index in [0.29, 0.717) is 11.5 Å². The fourth-order valence-corrected chi connectivity index (χ4v) is 1.75. The van der Waals surface area contributed by atoms with Gasteiger partial charge in [-0.3, -0.25) is 0 Å². The molecule has 0 fully saturated rings. The SMILES string of the molecule is CCOC(=O)C(F)c1ccccc1CC(C)C. The normalized spacial score (nSPS) is 12.5. The maximum Gasteiger partial charge on any atom is 0.345 e. The molecular weight excluding hydrogens is 219 g/mol. The molecule has 0 aromatic heterocycles. The second-order valence-electron chi connectivity index (χ2n) is 4.41. The third-order valence-corrected chi connectivity index (χ3v) is 2.45. The molecular formula is C14H19FO2. The first-order chi connectivity index (χ1) is 8.06. The van der Waals surface area contributed by atoms with Crippen LogP contribution in [0.2, 0.25) is 0 Å². The van der Waals surface area contributed by atoms with E-state index in [0.717, 1.165) is 12.0 Å². The van der Waals surface area contributed by atoms with Gasteiger partial charge in [0.1, 0.15) is 0 Å². The molecule has 0 bridgehead atoms. The van der Waals surface area contributed by atoms with Gasteiger partial charge in [0, 0.05) is 5.56 Å². The topological polar surface area (TPSA) is 26.3 Å². The molecule has 17 heavy (non-hydrogen) atoms. The number of rotatable bonds is 5. The largest absolute Gasteiger partial charge is 0.464 e. The average molecular weight is 238 g/mol. The number of hydrogen-bond donors (Lipinski definition) is 0. The van der Waals surface area contributed by atoms with Gasteiger partial charge in [-0.2, -0.15) is 0 Å². The van der Waals surface area contributed by atoms with Gasteiger partial charge in [0.05, 0.1) is 6.61 Å². The van der Waals surface area contributed by atoms with Crippen molar-refractivity contribution in [2.24, 2.45) is 5.92 Å². The Kier molecular flexibility index (Phi) is 5.13. The van der Waals surface area contributed by atoms with Crippen LogP contribution >= 0.6 is 0 Å². The number of halogens is 1. The van der Waals surface area contributed by atoms with E-state index in [4.69, 9.17) is 4.74 Å². The lowest BCUT2D eigenvalue weighted by Gasteiger charge is -2.14. The third-order valence-electron chi connectivity index (χ3n) is 2.45. The minimum atomic E-state index is -1.68. The summed E-state index contributed by atoms with van der Waals surface area (Å²) in [7, 11) is 0. The smallest absolute Gasteiger partial charge is 0.345 e. The molecule has 0 radical (unpaired) electrons. The molecule has 0 saturated carbocycles. The molecule has 0 saturated heterocycles. The van der Waals surface area contributed by atoms with E-state index in [2.05, 4.69) is 13.8 Å². The number of benzene rings is 1. The van der Waals surface area contributed by atoms with E-state index in [1.165, 1.54) is 0 Å². The molecule has 1 rings (SSSR count). The second-order valence-corrected chi connectivity index (χ2v) is 4.41. The molecule has 2 nitrogen and oxygen atoms in total. The number of alkyl halides is 1. The van der Waals surface area contributed by atoms with Crippen molar-refractivity contribution in [3.8, 4) is 0 Å². The maximum absolute atomic E-state index is 14.0. The Balaban J connectivity index is 2.92. The molecule has 0 spiro atoms. The van der Waals surface area contributed by atoms with Crippen molar-refractivity contribution in [3.05, 3.63) is 35.4 Å². The van der Waals surface area contributed by atoms with Crippen LogP contribution in [0, 0.1) is 5.92 Å². The number of hydrogen-bond acceptors (Lipinski definition) is 2. The summed E-state index contributed by atoms with van der Waals surface area (Å²) < 4.78 is 18.7. The molecule has 0 heterocycles. The van der Waals surface area contributed by atoms with Gasteiger partial charge >= 0.3 is 5.97 Å². The minimum Gasteiger partial charge on any atom is -0.464 e. The van der Waals surface area contributed by atoms with Gasteiger partial charge in [-0.25, -0.2) is 9.18 Å². The highest BCUT2D eigenvalue weighted by molar-refractivity contribution is 5.76. The Bertz CT molecular complexity index is 374. The molecule has 3 heteroatoms. The van der Waals surface area contributed by atoms with Gasteiger partial charge in [0.15, 0.2) is 0 Å². The standard InChI is InChI=1S/C14H19FO2/c1-4-17-14(16)13(15)12-8-6-5-7-11(12)9-10(2)3/h5-8,10,13H,4,9H2,1-3H3. The lowest BCUT2D eigenvalue weighted by Crippen LogP contribution is -2.14. The van der Waals surface area contributed by atoms with Gasteiger partial charge in [-0.15, -0.1) is 0 Å². The number of carbonyl (C=O) groups is 1. The first-order valence-electron chi connectivity index (χ1n) is 5.94. The van der Waals surface area contributed by atoms with Crippen molar-refractivity contribution >= 4 is 5.97 Å². The summed E-state index contributed by atoms with van der Waals surface area (Å²) in [5.74, 6) is -0.380. The zero-order chi connectivity index (χ0) is 12.8. The monoisotopic (exact) mass is 238 g/mol. The van der Waals surface area contributed by atoms with Crippen LogP contribution in [0.4, 0.5) is 4.39 Å². The third kappa shape index (κ3) is 3.84. The van der Waals surface area contributed by atoms with E-state index in [9.17, 15) is 9.18 Å². The quantitative estimate of drug-likeness (QED) is 0.734. The van der Waals surface area contributed by atoms with Gasteiger partial charge in [0.2, 0.25) is 6.17 Å². The Morgan fingerprint density at radius 3 is 2.59 bits per heavy atom. The lowest BCUT2D eigenvalue weighted by molar-refractivity contribution is -0.149. The van der Waals surface area contributed by atoms with Gasteiger partial charge < -0.3 is 4.74 Å². The summed E-state index contributed by atoms with van der Waals surface area (Å²) in [5, 5.41) is 0. The van der Waals surface area contributed by atoms with E-state index >= 15 is 0 Å². The van der Waals surface area contributed by atoms with Crippen molar-refractivity contribution in [1.82, 2.24) is 0 Å². The molecule has 1 atom stereocenters. The van der Waals surface area contributed by atoms with Gasteiger partial charge in [-0.05, 0) is 24.8 Å². The highest BCUT2D eigenvalue weighted by atomic mass is 19.1. The summed E-state index contributed by atoms with van der Waals surface area (Å²) in [5.41, 5.74) is 1.31. The van der Waals surface area contributed by atoms with Crippen LogP contribution in [0.1, 0.15) is 38.1 Å². The Hall–Kier alpha value is -1.38. The van der Waals surface area contributed by atoms with Crippen molar-refractivity contribution in [3.63, 3.8) is 0 Å². The summed E-state index contributed by atoms with van der Waals surface area (Å²) in [4.78, 5) is 11.4. The summed E-state index contributed by atoms with van der Waals surface area (Å²) >= 11 is 0. The molecule has 0 N–H and O–H groups in total. The highest BCUT2D eigenvalue weighted by Gasteiger charge is 2.23. The van der Waals surface area contributed by atoms with Crippen molar-refractivity contribution in [2.45, 2.75) is 33.4 Å². The van der Waals surface area contributed by atoms with E-state index in [1.807, 2.05) is 12.1 Å². The lowest BCUT2D eigenvalue weighted by atomic mass is 9.95. The van der Waals surface area contributed by atoms with Crippen LogP contribution in [0.5, 0.6) is 0 Å². The van der Waals surface area contributed by atoms with Crippen LogP contribution in [-0.4, -0.2) is 12.6 Å². The zero-order valence-corrected chi connectivity index (χ0v) is 10.6. The van der Waals surface area contributed by atoms with Gasteiger partial charge in [-0.1, -0.05) is 38.1 Å². The maximum atomic E-state index is 14.0. The molecule has 1 aromatic rings. The highest BCUT2D eigenvalue weighted by Crippen LogP contribution is 2.24. The second kappa shape index (κ2) is 6.38.